The van der Waals surface area contributed by atoms with Crippen LogP contribution >= 0.6 is 0 Å². The van der Waals surface area contributed by atoms with Crippen LogP contribution in [-0.4, -0.2) is 0 Å². The van der Waals surface area contributed by atoms with E-state index in [0.29, 0.717) is 0 Å². The van der Waals surface area contributed by atoms with Crippen molar-refractivity contribution < 1.29 is 0 Å². The lowest BCUT2D eigenvalue weighted by atomic mass is 10.1. The first kappa shape index (κ1) is 11.0. The molecule has 0 bridgehead atoms. The van der Waals surface area contributed by atoms with Gasteiger partial charge in [-0.25, -0.2) is 0 Å². The zero-order chi connectivity index (χ0) is 9.40. The van der Waals surface area contributed by atoms with Gasteiger partial charge in [0, 0.05) is 0 Å². The van der Waals surface area contributed by atoms with Crippen LogP contribution in [0.2, 0.25) is 0 Å². The quantitative estimate of drug-likeness (QED) is 0.547. The molecule has 0 radical (unpaired) electrons. The fourth-order valence-corrected chi connectivity index (χ4v) is 0.894. The maximum absolute atomic E-state index is 3.62. The number of hydrogen-bond acceptors (Lipinski definition) is 0. The zero-order valence-electron chi connectivity index (χ0n) is 8.30. The lowest BCUT2D eigenvalue weighted by Crippen LogP contribution is -1.78. The van der Waals surface area contributed by atoms with Gasteiger partial charge in [0.1, 0.15) is 0 Å². The summed E-state index contributed by atoms with van der Waals surface area (Å²) in [5.74, 6) is 0. The number of allylic oxidation sites excluding steroid dienone is 7. The summed E-state index contributed by atoms with van der Waals surface area (Å²) in [7, 11) is 0. The van der Waals surface area contributed by atoms with Crippen molar-refractivity contribution in [2.75, 3.05) is 0 Å². The number of rotatable bonds is 4. The molecule has 0 saturated carbocycles. The van der Waals surface area contributed by atoms with E-state index >= 15 is 0 Å². The van der Waals surface area contributed by atoms with Crippen LogP contribution in [0.25, 0.3) is 0 Å². The molecule has 0 heteroatoms. The molecular weight excluding hydrogens is 144 g/mol. The van der Waals surface area contributed by atoms with Crippen molar-refractivity contribution in [1.29, 1.82) is 0 Å². The summed E-state index contributed by atoms with van der Waals surface area (Å²) in [6, 6.07) is 0. The van der Waals surface area contributed by atoms with Gasteiger partial charge in [-0.15, -0.1) is 0 Å². The SMILES string of the molecule is C=C/C=C/C/C(C)=C(C)/C=C\C. The van der Waals surface area contributed by atoms with E-state index in [1.807, 2.05) is 13.0 Å². The van der Waals surface area contributed by atoms with Crippen LogP contribution in [0.3, 0.4) is 0 Å². The van der Waals surface area contributed by atoms with E-state index in [0.717, 1.165) is 6.42 Å². The van der Waals surface area contributed by atoms with Gasteiger partial charge in [-0.1, -0.05) is 48.1 Å². The van der Waals surface area contributed by atoms with Gasteiger partial charge in [0.25, 0.3) is 0 Å². The van der Waals surface area contributed by atoms with Gasteiger partial charge in [-0.05, 0) is 27.2 Å². The summed E-state index contributed by atoms with van der Waals surface area (Å²) in [4.78, 5) is 0. The van der Waals surface area contributed by atoms with Crippen LogP contribution in [0.15, 0.2) is 48.1 Å². The summed E-state index contributed by atoms with van der Waals surface area (Å²) >= 11 is 0. The van der Waals surface area contributed by atoms with Crippen LogP contribution < -0.4 is 0 Å². The second-order valence-electron chi connectivity index (χ2n) is 2.83. The molecule has 0 unspecified atom stereocenters. The van der Waals surface area contributed by atoms with Gasteiger partial charge in [0.15, 0.2) is 0 Å². The Labute approximate surface area is 76.0 Å². The topological polar surface area (TPSA) is 0 Å². The third kappa shape index (κ3) is 4.73. The van der Waals surface area contributed by atoms with Crippen LogP contribution in [0.4, 0.5) is 0 Å². The molecule has 0 aliphatic heterocycles. The molecule has 0 aliphatic carbocycles. The first-order chi connectivity index (χ1) is 5.72. The molecule has 12 heavy (non-hydrogen) atoms. The molecule has 0 N–H and O–H groups in total. The molecule has 0 fully saturated rings. The fraction of sp³-hybridized carbons (Fsp3) is 0.333. The smallest absolute Gasteiger partial charge is 0.0133 e. The molecule has 0 aliphatic rings. The molecule has 0 heterocycles. The van der Waals surface area contributed by atoms with Gasteiger partial charge < -0.3 is 0 Å². The van der Waals surface area contributed by atoms with Gasteiger partial charge in [0.05, 0.1) is 0 Å². The molecule has 0 aromatic carbocycles. The Morgan fingerprint density at radius 3 is 2.50 bits per heavy atom. The standard InChI is InChI=1S/C12H18/c1-5-7-8-10-12(4)11(3)9-6-2/h5-9H,1,10H2,2-4H3/b8-7+,9-6-,12-11+. The molecule has 0 atom stereocenters. The molecule has 0 aromatic rings. The minimum absolute atomic E-state index is 1.02. The summed E-state index contributed by atoms with van der Waals surface area (Å²) in [6.45, 7) is 9.95. The first-order valence-corrected chi connectivity index (χ1v) is 4.29. The van der Waals surface area contributed by atoms with Crippen molar-refractivity contribution >= 4 is 0 Å². The van der Waals surface area contributed by atoms with E-state index in [1.165, 1.54) is 11.1 Å². The normalized spacial score (nSPS) is 13.9. The molecule has 0 amide bonds. The van der Waals surface area contributed by atoms with Gasteiger partial charge in [-0.2, -0.15) is 0 Å². The van der Waals surface area contributed by atoms with Crippen LogP contribution in [0.1, 0.15) is 27.2 Å². The maximum Gasteiger partial charge on any atom is -0.0133 e. The number of hydrogen-bond donors (Lipinski definition) is 0. The predicted molar refractivity (Wildman–Crippen MR) is 57.1 cm³/mol. The van der Waals surface area contributed by atoms with Crippen LogP contribution in [0.5, 0.6) is 0 Å². The van der Waals surface area contributed by atoms with E-state index in [2.05, 4.69) is 38.7 Å². The molecule has 0 rings (SSSR count). The van der Waals surface area contributed by atoms with E-state index in [1.54, 1.807) is 6.08 Å². The lowest BCUT2D eigenvalue weighted by Gasteiger charge is -1.98. The minimum Gasteiger partial charge on any atom is -0.0991 e. The van der Waals surface area contributed by atoms with Gasteiger partial charge in [0.2, 0.25) is 0 Å². The van der Waals surface area contributed by atoms with Crippen molar-refractivity contribution in [1.82, 2.24) is 0 Å². The van der Waals surface area contributed by atoms with Crippen molar-refractivity contribution in [2.45, 2.75) is 27.2 Å². The van der Waals surface area contributed by atoms with E-state index < -0.39 is 0 Å². The minimum atomic E-state index is 1.02. The Hall–Kier alpha value is -1.04. The average Bonchev–Trinajstić information content (AvgIpc) is 2.05. The van der Waals surface area contributed by atoms with Gasteiger partial charge >= 0.3 is 0 Å². The van der Waals surface area contributed by atoms with Crippen molar-refractivity contribution in [3.05, 3.63) is 48.1 Å². The first-order valence-electron chi connectivity index (χ1n) is 4.29. The zero-order valence-corrected chi connectivity index (χ0v) is 8.30. The largest absolute Gasteiger partial charge is 0.0991 e. The highest BCUT2D eigenvalue weighted by Crippen LogP contribution is 2.09. The monoisotopic (exact) mass is 162 g/mol. The van der Waals surface area contributed by atoms with Crippen molar-refractivity contribution in [2.24, 2.45) is 0 Å². The maximum atomic E-state index is 3.62. The Balaban J connectivity index is 4.16. The predicted octanol–water partition coefficient (Wildman–Crippen LogP) is 4.03. The van der Waals surface area contributed by atoms with Crippen LogP contribution in [0, 0.1) is 0 Å². The highest BCUT2D eigenvalue weighted by molar-refractivity contribution is 5.23. The Bertz CT molecular complexity index is 214. The van der Waals surface area contributed by atoms with E-state index in [4.69, 9.17) is 0 Å². The summed E-state index contributed by atoms with van der Waals surface area (Å²) in [5.41, 5.74) is 2.76. The van der Waals surface area contributed by atoms with Crippen molar-refractivity contribution in [3.63, 3.8) is 0 Å². The lowest BCUT2D eigenvalue weighted by molar-refractivity contribution is 1.16. The third-order valence-electron chi connectivity index (χ3n) is 1.79. The third-order valence-corrected chi connectivity index (χ3v) is 1.79. The Morgan fingerprint density at radius 2 is 2.00 bits per heavy atom. The summed E-state index contributed by atoms with van der Waals surface area (Å²) in [5, 5.41) is 0. The fourth-order valence-electron chi connectivity index (χ4n) is 0.894. The van der Waals surface area contributed by atoms with Gasteiger partial charge in [-0.3, -0.25) is 0 Å². The van der Waals surface area contributed by atoms with Crippen molar-refractivity contribution in [3.8, 4) is 0 Å². The molecule has 0 nitrogen and oxygen atoms in total. The molecule has 0 aromatic heterocycles. The van der Waals surface area contributed by atoms with E-state index in [9.17, 15) is 0 Å². The second kappa shape index (κ2) is 6.66. The summed E-state index contributed by atoms with van der Waals surface area (Å²) < 4.78 is 0. The summed E-state index contributed by atoms with van der Waals surface area (Å²) in [6.07, 6.45) is 11.1. The second-order valence-corrected chi connectivity index (χ2v) is 2.83. The molecule has 0 spiro atoms. The highest BCUT2D eigenvalue weighted by atomic mass is 13.9. The molecule has 66 valence electrons. The van der Waals surface area contributed by atoms with Crippen LogP contribution in [-0.2, 0) is 0 Å². The molecule has 0 saturated heterocycles. The molecular formula is C12H18. The highest BCUT2D eigenvalue weighted by Gasteiger charge is 1.89. The Morgan fingerprint density at radius 1 is 1.33 bits per heavy atom. The Kier molecular flexibility index (Phi) is 6.08. The van der Waals surface area contributed by atoms with E-state index in [-0.39, 0.29) is 0 Å². The average molecular weight is 162 g/mol.